The first-order chi connectivity index (χ1) is 14.2. The molecule has 4 aromatic rings. The third-order valence-corrected chi connectivity index (χ3v) is 5.88. The Hall–Kier alpha value is -2.96. The van der Waals surface area contributed by atoms with Crippen molar-refractivity contribution < 1.29 is 14.3 Å². The fourth-order valence-electron chi connectivity index (χ4n) is 3.31. The van der Waals surface area contributed by atoms with Crippen molar-refractivity contribution in [3.8, 4) is 5.75 Å². The molecule has 0 aliphatic heterocycles. The lowest BCUT2D eigenvalue weighted by Crippen LogP contribution is -2.19. The van der Waals surface area contributed by atoms with Gasteiger partial charge in [0.25, 0.3) is 5.91 Å². The molecule has 0 aliphatic rings. The van der Waals surface area contributed by atoms with E-state index < -0.39 is 0 Å². The molecular formula is C23H22N2O3S. The third kappa shape index (κ3) is 3.95. The van der Waals surface area contributed by atoms with E-state index in [1.807, 2.05) is 25.1 Å². The highest BCUT2D eigenvalue weighted by Gasteiger charge is 2.12. The standard InChI is InChI=1S/C23H22N2O3S/c1-3-28-14-13-25-20-12-11-16-7-4-5-10-19(16)21(20)29-23(25)24-22(26)17-8-6-9-18(15-17)27-2/h4-12,15H,3,13-14H2,1-2H3. The highest BCUT2D eigenvalue weighted by molar-refractivity contribution is 7.17. The van der Waals surface area contributed by atoms with E-state index in [2.05, 4.69) is 33.8 Å². The summed E-state index contributed by atoms with van der Waals surface area (Å²) >= 11 is 1.53. The summed E-state index contributed by atoms with van der Waals surface area (Å²) in [6.45, 7) is 3.83. The lowest BCUT2D eigenvalue weighted by Gasteiger charge is -2.06. The summed E-state index contributed by atoms with van der Waals surface area (Å²) in [6, 6.07) is 19.5. The van der Waals surface area contributed by atoms with Gasteiger partial charge in [-0.2, -0.15) is 4.99 Å². The molecule has 0 aliphatic carbocycles. The van der Waals surface area contributed by atoms with Crippen molar-refractivity contribution in [3.05, 3.63) is 71.0 Å². The van der Waals surface area contributed by atoms with Gasteiger partial charge >= 0.3 is 0 Å². The number of ether oxygens (including phenoxy) is 2. The van der Waals surface area contributed by atoms with Gasteiger partial charge in [-0.25, -0.2) is 0 Å². The number of thiazole rings is 1. The molecule has 0 atom stereocenters. The molecule has 1 aromatic heterocycles. The molecule has 1 amide bonds. The second kappa shape index (κ2) is 8.59. The van der Waals surface area contributed by atoms with Gasteiger partial charge in [-0.3, -0.25) is 4.79 Å². The molecule has 3 aromatic carbocycles. The minimum Gasteiger partial charge on any atom is -0.497 e. The predicted octanol–water partition coefficient (Wildman–Crippen LogP) is 4.64. The number of aromatic nitrogens is 1. The number of methoxy groups -OCH3 is 1. The van der Waals surface area contributed by atoms with Crippen LogP contribution >= 0.6 is 11.3 Å². The minimum absolute atomic E-state index is 0.287. The van der Waals surface area contributed by atoms with E-state index in [0.717, 1.165) is 15.6 Å². The Morgan fingerprint density at radius 3 is 2.79 bits per heavy atom. The topological polar surface area (TPSA) is 52.8 Å². The van der Waals surface area contributed by atoms with Crippen LogP contribution in [0.1, 0.15) is 17.3 Å². The number of hydrogen-bond acceptors (Lipinski definition) is 4. The summed E-state index contributed by atoms with van der Waals surface area (Å²) in [5, 5.41) is 2.33. The fraction of sp³-hybridized carbons (Fsp3) is 0.217. The Morgan fingerprint density at radius 1 is 1.10 bits per heavy atom. The fourth-order valence-corrected chi connectivity index (χ4v) is 4.50. The van der Waals surface area contributed by atoms with Gasteiger partial charge in [0.15, 0.2) is 4.80 Å². The molecule has 5 nitrogen and oxygen atoms in total. The number of rotatable bonds is 6. The lowest BCUT2D eigenvalue weighted by atomic mass is 10.1. The van der Waals surface area contributed by atoms with Gasteiger partial charge in [0.05, 0.1) is 23.9 Å². The Balaban J connectivity index is 1.86. The molecule has 0 bridgehead atoms. The monoisotopic (exact) mass is 406 g/mol. The van der Waals surface area contributed by atoms with Gasteiger partial charge in [-0.15, -0.1) is 0 Å². The summed E-state index contributed by atoms with van der Waals surface area (Å²) in [7, 11) is 1.58. The van der Waals surface area contributed by atoms with Gasteiger partial charge in [0.2, 0.25) is 0 Å². The second-order valence-electron chi connectivity index (χ2n) is 6.52. The molecule has 29 heavy (non-hydrogen) atoms. The van der Waals surface area contributed by atoms with Crippen molar-refractivity contribution in [2.75, 3.05) is 20.3 Å². The molecule has 0 saturated carbocycles. The molecule has 0 radical (unpaired) electrons. The average Bonchev–Trinajstić information content (AvgIpc) is 3.11. The second-order valence-corrected chi connectivity index (χ2v) is 7.49. The normalized spacial score (nSPS) is 12.0. The number of carbonyl (C=O) groups excluding carboxylic acids is 1. The van der Waals surface area contributed by atoms with Crippen LogP contribution in [0.5, 0.6) is 5.75 Å². The van der Waals surface area contributed by atoms with Crippen LogP contribution in [-0.2, 0) is 11.3 Å². The van der Waals surface area contributed by atoms with Crippen LogP contribution in [0, 0.1) is 0 Å². The van der Waals surface area contributed by atoms with Crippen LogP contribution in [-0.4, -0.2) is 30.8 Å². The van der Waals surface area contributed by atoms with Gasteiger partial charge in [0, 0.05) is 24.1 Å². The number of hydrogen-bond donors (Lipinski definition) is 0. The number of benzene rings is 3. The Kier molecular flexibility index (Phi) is 5.74. The van der Waals surface area contributed by atoms with E-state index >= 15 is 0 Å². The quantitative estimate of drug-likeness (QED) is 0.438. The van der Waals surface area contributed by atoms with E-state index in [4.69, 9.17) is 9.47 Å². The van der Waals surface area contributed by atoms with E-state index in [1.54, 1.807) is 25.3 Å². The van der Waals surface area contributed by atoms with Crippen LogP contribution < -0.4 is 9.54 Å². The third-order valence-electron chi connectivity index (χ3n) is 4.75. The van der Waals surface area contributed by atoms with Crippen LogP contribution in [0.3, 0.4) is 0 Å². The molecule has 0 unspecified atom stereocenters. The number of amides is 1. The first-order valence-corrected chi connectivity index (χ1v) is 10.3. The molecule has 0 spiro atoms. The predicted molar refractivity (Wildman–Crippen MR) is 117 cm³/mol. The molecular weight excluding hydrogens is 384 g/mol. The van der Waals surface area contributed by atoms with Gasteiger partial charge in [-0.05, 0) is 36.6 Å². The van der Waals surface area contributed by atoms with E-state index in [9.17, 15) is 4.79 Å². The van der Waals surface area contributed by atoms with Crippen molar-refractivity contribution in [2.45, 2.75) is 13.5 Å². The largest absolute Gasteiger partial charge is 0.497 e. The molecule has 148 valence electrons. The van der Waals surface area contributed by atoms with Gasteiger partial charge in [0.1, 0.15) is 5.75 Å². The Morgan fingerprint density at radius 2 is 1.97 bits per heavy atom. The minimum atomic E-state index is -0.287. The molecule has 6 heteroatoms. The van der Waals surface area contributed by atoms with Gasteiger partial charge in [-0.1, -0.05) is 47.7 Å². The van der Waals surface area contributed by atoms with Crippen LogP contribution in [0.2, 0.25) is 0 Å². The van der Waals surface area contributed by atoms with Crippen molar-refractivity contribution in [3.63, 3.8) is 0 Å². The molecule has 1 heterocycles. The maximum Gasteiger partial charge on any atom is 0.279 e. The summed E-state index contributed by atoms with van der Waals surface area (Å²) in [5.74, 6) is 0.350. The summed E-state index contributed by atoms with van der Waals surface area (Å²) in [6.07, 6.45) is 0. The first-order valence-electron chi connectivity index (χ1n) is 9.53. The van der Waals surface area contributed by atoms with Crippen molar-refractivity contribution in [1.82, 2.24) is 4.57 Å². The van der Waals surface area contributed by atoms with E-state index in [-0.39, 0.29) is 5.91 Å². The zero-order chi connectivity index (χ0) is 20.2. The number of nitrogens with zero attached hydrogens (tertiary/aromatic N) is 2. The smallest absolute Gasteiger partial charge is 0.279 e. The maximum absolute atomic E-state index is 12.8. The zero-order valence-corrected chi connectivity index (χ0v) is 17.2. The highest BCUT2D eigenvalue weighted by atomic mass is 32.1. The van der Waals surface area contributed by atoms with Crippen LogP contribution in [0.25, 0.3) is 21.0 Å². The zero-order valence-electron chi connectivity index (χ0n) is 16.4. The summed E-state index contributed by atoms with van der Waals surface area (Å²) in [5.41, 5.74) is 1.56. The molecule has 4 rings (SSSR count). The average molecular weight is 407 g/mol. The Labute approximate surface area is 172 Å². The van der Waals surface area contributed by atoms with Crippen molar-refractivity contribution in [1.29, 1.82) is 0 Å². The number of carbonyl (C=O) groups is 1. The lowest BCUT2D eigenvalue weighted by molar-refractivity contribution is 0.0996. The van der Waals surface area contributed by atoms with E-state index in [0.29, 0.717) is 35.9 Å². The van der Waals surface area contributed by atoms with Crippen molar-refractivity contribution >= 4 is 38.2 Å². The number of fused-ring (bicyclic) bond motifs is 3. The van der Waals surface area contributed by atoms with Crippen LogP contribution in [0.4, 0.5) is 0 Å². The van der Waals surface area contributed by atoms with Crippen molar-refractivity contribution in [2.24, 2.45) is 4.99 Å². The maximum atomic E-state index is 12.8. The van der Waals surface area contributed by atoms with E-state index in [1.165, 1.54) is 16.7 Å². The Bertz CT molecular complexity index is 1240. The summed E-state index contributed by atoms with van der Waals surface area (Å²) in [4.78, 5) is 18.0. The summed E-state index contributed by atoms with van der Waals surface area (Å²) < 4.78 is 14.0. The SMILES string of the molecule is CCOCCn1c(=NC(=O)c2cccc(OC)c2)sc2c3ccccc3ccc21. The van der Waals surface area contributed by atoms with Crippen LogP contribution in [0.15, 0.2) is 65.7 Å². The van der Waals surface area contributed by atoms with Gasteiger partial charge < -0.3 is 14.0 Å². The molecule has 0 N–H and O–H groups in total. The highest BCUT2D eigenvalue weighted by Crippen LogP contribution is 2.27. The molecule has 0 fully saturated rings. The molecule has 0 saturated heterocycles. The first kappa shape index (κ1) is 19.4.